The minimum absolute atomic E-state index is 0.0258. The largest absolute Gasteiger partial charge is 0.446 e. The van der Waals surface area contributed by atoms with Gasteiger partial charge in [-0.3, -0.25) is 9.56 Å². The molecule has 0 aliphatic rings. The van der Waals surface area contributed by atoms with Gasteiger partial charge in [-0.1, -0.05) is 23.7 Å². The van der Waals surface area contributed by atoms with Crippen molar-refractivity contribution in [3.8, 4) is 16.9 Å². The van der Waals surface area contributed by atoms with Crippen LogP contribution in [0.15, 0.2) is 63.3 Å². The third-order valence-corrected chi connectivity index (χ3v) is 7.68. The Hall–Kier alpha value is -3.52. The summed E-state index contributed by atoms with van der Waals surface area (Å²) in [4.78, 5) is 24.0. The number of nitrogens with two attached hydrogens (primary N) is 3. The number of halogens is 4. The number of nitrogens with zero attached hydrogens (tertiary/aromatic N) is 3. The fraction of sp³-hybridized carbons (Fsp3) is 0.321. The highest BCUT2D eigenvalue weighted by molar-refractivity contribution is 8.00. The van der Waals surface area contributed by atoms with Crippen LogP contribution in [0.5, 0.6) is 0 Å². The Morgan fingerprint density at radius 1 is 1.10 bits per heavy atom. The van der Waals surface area contributed by atoms with Crippen LogP contribution < -0.4 is 28.2 Å². The van der Waals surface area contributed by atoms with Crippen LogP contribution in [0.25, 0.3) is 28.0 Å². The summed E-state index contributed by atoms with van der Waals surface area (Å²) in [6, 6.07) is 12.4. The Bertz CT molecular complexity index is 1600. The molecule has 0 unspecified atom stereocenters. The summed E-state index contributed by atoms with van der Waals surface area (Å²) in [6.45, 7) is 2.42. The molecule has 8 N–H and O–H groups in total. The molecule has 0 saturated carbocycles. The zero-order chi connectivity index (χ0) is 30.3. The monoisotopic (exact) mass is 620 g/mol. The minimum atomic E-state index is -4.50. The number of aryl methyl sites for hydroxylation is 1. The summed E-state index contributed by atoms with van der Waals surface area (Å²) in [7, 11) is 0. The first-order chi connectivity index (χ1) is 20.0. The number of aromatic amines is 1. The number of unbranched alkanes of at least 4 members (excludes halogenated alkanes) is 1. The molecule has 2 heterocycles. The molecule has 0 fully saturated rings. The Morgan fingerprint density at radius 2 is 1.86 bits per heavy atom. The molecule has 0 aliphatic carbocycles. The molecule has 0 bridgehead atoms. The number of rotatable bonds is 13. The highest BCUT2D eigenvalue weighted by atomic mass is 35.5. The van der Waals surface area contributed by atoms with Crippen LogP contribution in [0, 0.1) is 0 Å². The van der Waals surface area contributed by atoms with Crippen molar-refractivity contribution >= 4 is 40.4 Å². The smallest absolute Gasteiger partial charge is 0.370 e. The van der Waals surface area contributed by atoms with E-state index >= 15 is 0 Å². The van der Waals surface area contributed by atoms with Crippen molar-refractivity contribution in [2.45, 2.75) is 42.6 Å². The lowest BCUT2D eigenvalue weighted by Crippen LogP contribution is -2.23. The van der Waals surface area contributed by atoms with Gasteiger partial charge in [-0.15, -0.1) is 0 Å². The summed E-state index contributed by atoms with van der Waals surface area (Å²) in [5.74, 6) is 0.0746. The van der Waals surface area contributed by atoms with E-state index in [1.54, 1.807) is 18.3 Å². The molecule has 0 saturated heterocycles. The molecule has 0 amide bonds. The number of benzene rings is 2. The number of fused-ring (bicyclic) bond motifs is 1. The van der Waals surface area contributed by atoms with Gasteiger partial charge in [0.1, 0.15) is 5.65 Å². The van der Waals surface area contributed by atoms with E-state index in [1.165, 1.54) is 10.6 Å². The second-order valence-corrected chi connectivity index (χ2v) is 11.1. The number of alkyl halides is 3. The number of nitrogens with one attached hydrogen (secondary N) is 2. The minimum Gasteiger partial charge on any atom is -0.370 e. The van der Waals surface area contributed by atoms with E-state index in [2.05, 4.69) is 20.3 Å². The molecule has 4 aromatic rings. The van der Waals surface area contributed by atoms with Gasteiger partial charge in [0.15, 0.2) is 5.96 Å². The van der Waals surface area contributed by atoms with Gasteiger partial charge < -0.3 is 27.5 Å². The summed E-state index contributed by atoms with van der Waals surface area (Å²) in [6.07, 6.45) is 4.48. The molecule has 0 atom stereocenters. The highest BCUT2D eigenvalue weighted by Gasteiger charge is 2.31. The summed E-state index contributed by atoms with van der Waals surface area (Å²) < 4.78 is 41.3. The van der Waals surface area contributed by atoms with Gasteiger partial charge in [-0.25, -0.2) is 4.79 Å². The molecule has 42 heavy (non-hydrogen) atoms. The standard InChI is InChI=1S/C28H32ClF3N8OS/c29-24-21(12-18(4-1-2-9-33)13-23(24)42-28(30,31)32)22-14-19-16-40(27(41)39-25(19)38-22)20-7-5-17(6-8-20)15-36-10-3-11-37-26(34)35/h5-8,12-14,16,36H,1-4,9-11,15,33H2,(H4,34,35,37)(H,38,39,41). The Morgan fingerprint density at radius 3 is 2.55 bits per heavy atom. The van der Waals surface area contributed by atoms with Crippen LogP contribution >= 0.6 is 23.4 Å². The number of hydrogen-bond acceptors (Lipinski definition) is 6. The molecule has 0 spiro atoms. The van der Waals surface area contributed by atoms with Crippen molar-refractivity contribution < 1.29 is 13.2 Å². The van der Waals surface area contributed by atoms with Crippen molar-refractivity contribution in [2.24, 2.45) is 22.2 Å². The average molecular weight is 621 g/mol. The molecule has 4 rings (SSSR count). The molecule has 9 nitrogen and oxygen atoms in total. The van der Waals surface area contributed by atoms with Crippen molar-refractivity contribution in [2.75, 3.05) is 19.6 Å². The fourth-order valence-electron chi connectivity index (χ4n) is 4.41. The highest BCUT2D eigenvalue weighted by Crippen LogP contribution is 2.44. The lowest BCUT2D eigenvalue weighted by Gasteiger charge is -2.13. The van der Waals surface area contributed by atoms with Crippen LogP contribution in [0.2, 0.25) is 5.02 Å². The van der Waals surface area contributed by atoms with Crippen molar-refractivity contribution in [3.63, 3.8) is 0 Å². The molecule has 14 heteroatoms. The Labute approximate surface area is 249 Å². The maximum absolute atomic E-state index is 13.3. The number of hydrogen-bond donors (Lipinski definition) is 5. The number of guanidine groups is 1. The van der Waals surface area contributed by atoms with Crippen molar-refractivity contribution in [1.82, 2.24) is 19.9 Å². The third kappa shape index (κ3) is 8.51. The van der Waals surface area contributed by atoms with Crippen LogP contribution in [0.3, 0.4) is 0 Å². The van der Waals surface area contributed by atoms with Crippen LogP contribution in [-0.4, -0.2) is 45.6 Å². The number of H-pyrrole nitrogens is 1. The maximum atomic E-state index is 13.3. The SMILES string of the molecule is NCCCCc1cc(SC(F)(F)F)c(Cl)c(-c2cc3cn(-c4ccc(CNCCCN=C(N)N)cc4)c(=O)nc3[nH]2)c1. The van der Waals surface area contributed by atoms with E-state index in [1.807, 2.05) is 24.3 Å². The number of aromatic nitrogens is 3. The first-order valence-corrected chi connectivity index (χ1v) is 14.5. The predicted octanol–water partition coefficient (Wildman–Crippen LogP) is 4.68. The molecule has 224 valence electrons. The van der Waals surface area contributed by atoms with Gasteiger partial charge in [-0.2, -0.15) is 18.2 Å². The lowest BCUT2D eigenvalue weighted by molar-refractivity contribution is -0.0328. The van der Waals surface area contributed by atoms with E-state index in [4.69, 9.17) is 28.8 Å². The lowest BCUT2D eigenvalue weighted by atomic mass is 10.0. The molecule has 2 aromatic heterocycles. The van der Waals surface area contributed by atoms with Crippen LogP contribution in [0.4, 0.5) is 13.2 Å². The van der Waals surface area contributed by atoms with Crippen molar-refractivity contribution in [3.05, 3.63) is 75.3 Å². The number of thioether (sulfide) groups is 1. The van der Waals surface area contributed by atoms with Gasteiger partial charge in [0, 0.05) is 40.8 Å². The molecule has 0 aliphatic heterocycles. The van der Waals surface area contributed by atoms with Crippen LogP contribution in [0.1, 0.15) is 30.4 Å². The van der Waals surface area contributed by atoms with Crippen molar-refractivity contribution in [1.29, 1.82) is 0 Å². The zero-order valence-corrected chi connectivity index (χ0v) is 24.3. The summed E-state index contributed by atoms with van der Waals surface area (Å²) >= 11 is 6.24. The number of aliphatic imine (C=N–C) groups is 1. The van der Waals surface area contributed by atoms with Gasteiger partial charge in [0.25, 0.3) is 0 Å². The molecule has 0 radical (unpaired) electrons. The summed E-state index contributed by atoms with van der Waals surface area (Å²) in [5.41, 5.74) is 14.8. The molecular weight excluding hydrogens is 589 g/mol. The predicted molar refractivity (Wildman–Crippen MR) is 163 cm³/mol. The topological polar surface area (TPSA) is 153 Å². The van der Waals surface area contributed by atoms with E-state index in [-0.39, 0.29) is 27.6 Å². The zero-order valence-electron chi connectivity index (χ0n) is 22.7. The third-order valence-electron chi connectivity index (χ3n) is 6.39. The van der Waals surface area contributed by atoms with Gasteiger partial charge in [0.2, 0.25) is 0 Å². The Kier molecular flexibility index (Phi) is 10.5. The first kappa shape index (κ1) is 31.4. The van der Waals surface area contributed by atoms with E-state index in [9.17, 15) is 18.0 Å². The first-order valence-electron chi connectivity index (χ1n) is 13.3. The average Bonchev–Trinajstić information content (AvgIpc) is 3.34. The summed E-state index contributed by atoms with van der Waals surface area (Å²) in [5, 5.41) is 3.89. The van der Waals surface area contributed by atoms with E-state index < -0.39 is 11.2 Å². The van der Waals surface area contributed by atoms with Crippen LogP contribution in [-0.2, 0) is 13.0 Å². The van der Waals surface area contributed by atoms with Gasteiger partial charge in [0.05, 0.1) is 10.7 Å². The Balaban J connectivity index is 1.57. The quantitative estimate of drug-likeness (QED) is 0.0629. The van der Waals surface area contributed by atoms with E-state index in [0.29, 0.717) is 59.6 Å². The maximum Gasteiger partial charge on any atom is 0.446 e. The van der Waals surface area contributed by atoms with Gasteiger partial charge in [-0.05, 0) is 92.0 Å². The second-order valence-electron chi connectivity index (χ2n) is 9.63. The second kappa shape index (κ2) is 14.1. The molecule has 2 aromatic carbocycles. The fourth-order valence-corrected chi connectivity index (χ4v) is 5.40. The molecular formula is C28H32ClF3N8OS. The van der Waals surface area contributed by atoms with E-state index in [0.717, 1.165) is 31.4 Å². The normalized spacial score (nSPS) is 11.7. The van der Waals surface area contributed by atoms with Gasteiger partial charge >= 0.3 is 11.2 Å².